The largest absolute Gasteiger partial charge is 2.00 e. The van der Waals surface area contributed by atoms with E-state index in [0.29, 0.717) is 11.5 Å². The number of para-hydroxylation sites is 1. The molecule has 0 aromatic heterocycles. The van der Waals surface area contributed by atoms with Crippen molar-refractivity contribution < 1.29 is 31.9 Å². The minimum absolute atomic E-state index is 0. The van der Waals surface area contributed by atoms with Crippen LogP contribution in [0.3, 0.4) is 0 Å². The van der Waals surface area contributed by atoms with E-state index in [2.05, 4.69) is 95.3 Å². The van der Waals surface area contributed by atoms with Crippen molar-refractivity contribution in [3.8, 4) is 56.0 Å². The van der Waals surface area contributed by atoms with Crippen LogP contribution >= 0.6 is 0 Å². The van der Waals surface area contributed by atoms with Crippen LogP contribution < -0.4 is 0 Å². The van der Waals surface area contributed by atoms with Crippen molar-refractivity contribution in [2.24, 2.45) is 0 Å². The van der Waals surface area contributed by atoms with Gasteiger partial charge in [-0.15, -0.1) is 0 Å². The van der Waals surface area contributed by atoms with Crippen LogP contribution in [0, 0.1) is 21.8 Å². The van der Waals surface area contributed by atoms with Crippen LogP contribution in [-0.2, 0) is 32.5 Å². The summed E-state index contributed by atoms with van der Waals surface area (Å²) < 4.78 is 0. The number of benzene rings is 6. The molecule has 0 saturated heterocycles. The first kappa shape index (κ1) is 36.5. The Hall–Kier alpha value is -4.37. The molecule has 0 unspecified atom stereocenters. The minimum atomic E-state index is -0.0708. The van der Waals surface area contributed by atoms with E-state index in [4.69, 9.17) is 0 Å². The van der Waals surface area contributed by atoms with Gasteiger partial charge in [0.25, 0.3) is 0 Å². The molecule has 0 spiro atoms. The first-order valence-electron chi connectivity index (χ1n) is 15.6. The van der Waals surface area contributed by atoms with Gasteiger partial charge in [-0.05, 0) is 69.1 Å². The van der Waals surface area contributed by atoms with E-state index in [1.54, 1.807) is 6.07 Å². The van der Waals surface area contributed by atoms with Gasteiger partial charge in [0.1, 0.15) is 11.5 Å². The molecule has 8 rings (SSSR count). The number of phenolic OH excluding ortho intramolecular Hbond substituents is 2. The number of hydrogen-bond donors (Lipinski definition) is 2. The molecule has 2 nitrogen and oxygen atoms in total. The average Bonchev–Trinajstić information content (AvgIpc) is 3.41. The van der Waals surface area contributed by atoms with Crippen LogP contribution in [-0.4, -0.2) is 10.2 Å². The molecule has 0 aliphatic heterocycles. The van der Waals surface area contributed by atoms with Gasteiger partial charge in [0.15, 0.2) is 0 Å². The van der Waals surface area contributed by atoms with Gasteiger partial charge in [0.2, 0.25) is 0 Å². The van der Waals surface area contributed by atoms with Gasteiger partial charge in [-0.2, -0.15) is 0 Å². The van der Waals surface area contributed by atoms with Crippen molar-refractivity contribution in [3.63, 3.8) is 0 Å². The maximum absolute atomic E-state index is 10.9. The first-order chi connectivity index (χ1) is 21.6. The fraction of sp³-hybridized carbons (Fsp3) is 0.156. The molecule has 240 valence electrons. The summed E-state index contributed by atoms with van der Waals surface area (Å²) in [4.78, 5) is 0. The van der Waals surface area contributed by atoms with Gasteiger partial charge in [-0.3, -0.25) is 0 Å². The molecule has 6 aromatic rings. The van der Waals surface area contributed by atoms with Crippen molar-refractivity contribution >= 4 is 0 Å². The third-order valence-corrected chi connectivity index (χ3v) is 9.85. The van der Waals surface area contributed by atoms with E-state index >= 15 is 0 Å². The van der Waals surface area contributed by atoms with Crippen molar-refractivity contribution in [1.29, 1.82) is 0 Å². The second-order valence-corrected chi connectivity index (χ2v) is 13.4. The Balaban J connectivity index is 0.000000204. The second-order valence-electron chi connectivity index (χ2n) is 13.4. The van der Waals surface area contributed by atoms with Gasteiger partial charge >= 0.3 is 21.7 Å². The molecule has 2 aliphatic rings. The molecule has 0 amide bonds. The average molecular weight is 665 g/mol. The molecule has 0 bridgehead atoms. The first-order valence-corrected chi connectivity index (χ1v) is 15.6. The molecule has 2 aliphatic carbocycles. The minimum Gasteiger partial charge on any atom is -0.507 e. The third-order valence-electron chi connectivity index (χ3n) is 9.85. The molecule has 0 atom stereocenters. The summed E-state index contributed by atoms with van der Waals surface area (Å²) in [6, 6.07) is 43.4. The standard InChI is InChI=1S/C22H20O.C21H18O.2CH3.Ti/c1-14-8-10-19-17(12-14)18-13-15(9-11-20(18)22(19,2)3)16-6-4-5-7-21(16)23;1-21(2)17-11-7-6-10-16(17)19-18(21)13-12-15(20(19)22)14-8-4-3-5-9-14;;;/h4-13,23H,1-3H3;3-13,22H,1-2H3;2*1H3;/q;;2*-1;+2. The smallest absolute Gasteiger partial charge is 0.507 e. The van der Waals surface area contributed by atoms with Gasteiger partial charge in [0, 0.05) is 27.5 Å². The summed E-state index contributed by atoms with van der Waals surface area (Å²) in [5.41, 5.74) is 15.1. The number of aryl methyl sites for hydroxylation is 1. The van der Waals surface area contributed by atoms with E-state index in [9.17, 15) is 10.2 Å². The van der Waals surface area contributed by atoms with Crippen LogP contribution in [0.25, 0.3) is 44.5 Å². The Kier molecular flexibility index (Phi) is 10.4. The molecular formula is C45H44O2Ti. The maximum atomic E-state index is 10.9. The molecular weight excluding hydrogens is 620 g/mol. The Morgan fingerprint density at radius 2 is 0.958 bits per heavy atom. The predicted octanol–water partition coefficient (Wildman–Crippen LogP) is 11.9. The predicted molar refractivity (Wildman–Crippen MR) is 200 cm³/mol. The molecule has 0 radical (unpaired) electrons. The summed E-state index contributed by atoms with van der Waals surface area (Å²) in [6.07, 6.45) is 0. The number of hydrogen-bond acceptors (Lipinski definition) is 2. The maximum Gasteiger partial charge on any atom is 2.00 e. The number of rotatable bonds is 2. The summed E-state index contributed by atoms with van der Waals surface area (Å²) in [6.45, 7) is 11.1. The Bertz CT molecular complexity index is 2090. The molecule has 0 saturated carbocycles. The van der Waals surface area contributed by atoms with Crippen LogP contribution in [0.5, 0.6) is 11.5 Å². The van der Waals surface area contributed by atoms with Gasteiger partial charge in [-0.1, -0.05) is 149 Å². The van der Waals surface area contributed by atoms with E-state index in [-0.39, 0.29) is 47.4 Å². The fourth-order valence-electron chi connectivity index (χ4n) is 7.39. The second kappa shape index (κ2) is 13.6. The van der Waals surface area contributed by atoms with Crippen molar-refractivity contribution in [3.05, 3.63) is 170 Å². The summed E-state index contributed by atoms with van der Waals surface area (Å²) >= 11 is 0. The van der Waals surface area contributed by atoms with E-state index in [0.717, 1.165) is 33.4 Å². The number of aromatic hydroxyl groups is 2. The number of fused-ring (bicyclic) bond motifs is 6. The Morgan fingerprint density at radius 1 is 0.438 bits per heavy atom. The monoisotopic (exact) mass is 664 g/mol. The molecule has 0 fully saturated rings. The van der Waals surface area contributed by atoms with Crippen LogP contribution in [0.15, 0.2) is 127 Å². The van der Waals surface area contributed by atoms with Gasteiger partial charge in [0.05, 0.1) is 0 Å². The quantitative estimate of drug-likeness (QED) is 0.143. The summed E-state index contributed by atoms with van der Waals surface area (Å²) in [5.74, 6) is 0.718. The van der Waals surface area contributed by atoms with Gasteiger partial charge in [-0.25, -0.2) is 0 Å². The molecule has 0 heterocycles. The SMILES string of the molecule is CC1(C)c2ccccc2-c2c1ccc(-c1ccccc1)c2O.Cc1ccc2c(c1)-c1cc(-c3ccccc3O)ccc1C2(C)C.[CH3-].[CH3-].[Ti+2]. The van der Waals surface area contributed by atoms with E-state index in [1.807, 2.05) is 60.7 Å². The van der Waals surface area contributed by atoms with Crippen LogP contribution in [0.2, 0.25) is 0 Å². The summed E-state index contributed by atoms with van der Waals surface area (Å²) in [5, 5.41) is 21.1. The topological polar surface area (TPSA) is 40.5 Å². The van der Waals surface area contributed by atoms with Crippen molar-refractivity contribution in [2.75, 3.05) is 0 Å². The van der Waals surface area contributed by atoms with Crippen molar-refractivity contribution in [2.45, 2.75) is 45.4 Å². The zero-order valence-electron chi connectivity index (χ0n) is 29.0. The third kappa shape index (κ3) is 5.83. The molecule has 3 heteroatoms. The molecule has 6 aromatic carbocycles. The zero-order valence-corrected chi connectivity index (χ0v) is 30.6. The Morgan fingerprint density at radius 3 is 1.65 bits per heavy atom. The van der Waals surface area contributed by atoms with Crippen LogP contribution in [0.4, 0.5) is 0 Å². The van der Waals surface area contributed by atoms with Crippen LogP contribution in [0.1, 0.15) is 55.5 Å². The fourth-order valence-corrected chi connectivity index (χ4v) is 7.39. The molecule has 2 N–H and O–H groups in total. The van der Waals surface area contributed by atoms with Crippen molar-refractivity contribution in [1.82, 2.24) is 0 Å². The zero-order chi connectivity index (χ0) is 31.5. The normalized spacial score (nSPS) is 13.5. The van der Waals surface area contributed by atoms with E-state index < -0.39 is 0 Å². The Labute approximate surface area is 302 Å². The molecule has 48 heavy (non-hydrogen) atoms. The summed E-state index contributed by atoms with van der Waals surface area (Å²) in [7, 11) is 0. The number of phenols is 2. The van der Waals surface area contributed by atoms with Gasteiger partial charge < -0.3 is 25.1 Å². The van der Waals surface area contributed by atoms with E-state index in [1.165, 1.54) is 38.9 Å².